The zero-order chi connectivity index (χ0) is 17.6. The number of rotatable bonds is 7. The highest BCUT2D eigenvalue weighted by atomic mass is 35.5. The van der Waals surface area contributed by atoms with Gasteiger partial charge in [-0.05, 0) is 44.9 Å². The van der Waals surface area contributed by atoms with Crippen LogP contribution >= 0.6 is 23.2 Å². The second-order valence-corrected chi connectivity index (χ2v) is 6.84. The van der Waals surface area contributed by atoms with Crippen LogP contribution in [0.15, 0.2) is 18.2 Å². The van der Waals surface area contributed by atoms with E-state index in [1.807, 2.05) is 13.8 Å². The lowest BCUT2D eigenvalue weighted by molar-refractivity contribution is -0.146. The molecule has 0 unspecified atom stereocenters. The third-order valence-corrected chi connectivity index (χ3v) is 4.12. The second kappa shape index (κ2) is 8.55. The predicted octanol–water partition coefficient (Wildman–Crippen LogP) is 4.61. The highest BCUT2D eigenvalue weighted by Crippen LogP contribution is 2.28. The Bertz CT molecular complexity index is 568. The molecule has 0 bridgehead atoms. The van der Waals surface area contributed by atoms with Crippen molar-refractivity contribution in [2.75, 3.05) is 18.4 Å². The molecule has 23 heavy (non-hydrogen) atoms. The Labute approximate surface area is 148 Å². The van der Waals surface area contributed by atoms with Crippen LogP contribution in [0.2, 0.25) is 10.0 Å². The molecule has 1 N–H and O–H groups in total. The Morgan fingerprint density at radius 3 is 2.22 bits per heavy atom. The van der Waals surface area contributed by atoms with Gasteiger partial charge in [0.15, 0.2) is 0 Å². The van der Waals surface area contributed by atoms with Gasteiger partial charge in [-0.2, -0.15) is 0 Å². The Morgan fingerprint density at radius 2 is 1.70 bits per heavy atom. The first kappa shape index (κ1) is 19.8. The fourth-order valence-electron chi connectivity index (χ4n) is 2.22. The van der Waals surface area contributed by atoms with E-state index in [1.54, 1.807) is 36.9 Å². The zero-order valence-corrected chi connectivity index (χ0v) is 15.6. The highest BCUT2D eigenvalue weighted by molar-refractivity contribution is 6.35. The summed E-state index contributed by atoms with van der Waals surface area (Å²) in [7, 11) is 0. The standard InChI is InChI=1S/C17H24Cl2N2O2/c1-5-9-21(10-6-2)16(23)17(3,4)15(22)20-14-11-12(18)7-8-13(14)19/h7-8,11H,5-6,9-10H2,1-4H3,(H,20,22). The van der Waals surface area contributed by atoms with Gasteiger partial charge in [-0.25, -0.2) is 0 Å². The molecule has 0 aliphatic heterocycles. The molecule has 0 radical (unpaired) electrons. The van der Waals surface area contributed by atoms with E-state index < -0.39 is 11.3 Å². The van der Waals surface area contributed by atoms with Crippen LogP contribution < -0.4 is 5.32 Å². The molecule has 1 aromatic rings. The number of hydrogen-bond acceptors (Lipinski definition) is 2. The van der Waals surface area contributed by atoms with Gasteiger partial charge in [0.05, 0.1) is 10.7 Å². The lowest BCUT2D eigenvalue weighted by Gasteiger charge is -2.31. The number of nitrogens with one attached hydrogen (secondary N) is 1. The third kappa shape index (κ3) is 5.11. The molecular formula is C17H24Cl2N2O2. The Morgan fingerprint density at radius 1 is 1.13 bits per heavy atom. The zero-order valence-electron chi connectivity index (χ0n) is 14.1. The normalized spacial score (nSPS) is 11.2. The Kier molecular flexibility index (Phi) is 7.36. The molecule has 6 heteroatoms. The van der Waals surface area contributed by atoms with Crippen molar-refractivity contribution in [2.24, 2.45) is 5.41 Å². The van der Waals surface area contributed by atoms with Crippen LogP contribution in [0.5, 0.6) is 0 Å². The highest BCUT2D eigenvalue weighted by Gasteiger charge is 2.39. The number of halogens is 2. The van der Waals surface area contributed by atoms with Crippen molar-refractivity contribution in [3.63, 3.8) is 0 Å². The number of hydrogen-bond donors (Lipinski definition) is 1. The molecule has 0 atom stereocenters. The molecule has 0 heterocycles. The van der Waals surface area contributed by atoms with Gasteiger partial charge in [0.2, 0.25) is 11.8 Å². The van der Waals surface area contributed by atoms with E-state index in [-0.39, 0.29) is 5.91 Å². The van der Waals surface area contributed by atoms with E-state index in [9.17, 15) is 9.59 Å². The molecule has 0 saturated carbocycles. The predicted molar refractivity (Wildman–Crippen MR) is 96.0 cm³/mol. The molecule has 1 aromatic carbocycles. The summed E-state index contributed by atoms with van der Waals surface area (Å²) in [6.07, 6.45) is 1.70. The van der Waals surface area contributed by atoms with Gasteiger partial charge in [-0.15, -0.1) is 0 Å². The molecule has 0 saturated heterocycles. The maximum atomic E-state index is 12.7. The quantitative estimate of drug-likeness (QED) is 0.723. The molecule has 0 aromatic heterocycles. The van der Waals surface area contributed by atoms with Crippen molar-refractivity contribution in [1.29, 1.82) is 0 Å². The third-order valence-electron chi connectivity index (χ3n) is 3.55. The smallest absolute Gasteiger partial charge is 0.239 e. The summed E-state index contributed by atoms with van der Waals surface area (Å²) in [6.45, 7) is 8.55. The van der Waals surface area contributed by atoms with E-state index in [0.717, 1.165) is 12.8 Å². The summed E-state index contributed by atoms with van der Waals surface area (Å²) in [5, 5.41) is 3.55. The minimum absolute atomic E-state index is 0.183. The monoisotopic (exact) mass is 358 g/mol. The van der Waals surface area contributed by atoms with Gasteiger partial charge in [0.25, 0.3) is 0 Å². The number of anilines is 1. The number of benzene rings is 1. The van der Waals surface area contributed by atoms with Crippen LogP contribution in [0.3, 0.4) is 0 Å². The Balaban J connectivity index is 2.94. The van der Waals surface area contributed by atoms with E-state index in [0.29, 0.717) is 28.8 Å². The topological polar surface area (TPSA) is 49.4 Å². The van der Waals surface area contributed by atoms with Gasteiger partial charge < -0.3 is 10.2 Å². The SMILES string of the molecule is CCCN(CCC)C(=O)C(C)(C)C(=O)Nc1cc(Cl)ccc1Cl. The lowest BCUT2D eigenvalue weighted by Crippen LogP contribution is -2.47. The Hall–Kier alpha value is -1.26. The van der Waals surface area contributed by atoms with Crippen molar-refractivity contribution in [1.82, 2.24) is 4.90 Å². The first-order chi connectivity index (χ1) is 10.7. The first-order valence-corrected chi connectivity index (χ1v) is 8.55. The van der Waals surface area contributed by atoms with Crippen LogP contribution in [0.4, 0.5) is 5.69 Å². The minimum Gasteiger partial charge on any atom is -0.342 e. The molecule has 0 aliphatic rings. The molecule has 0 spiro atoms. The number of amides is 2. The van der Waals surface area contributed by atoms with E-state index >= 15 is 0 Å². The molecule has 0 aliphatic carbocycles. The summed E-state index contributed by atoms with van der Waals surface area (Å²) in [5.41, 5.74) is -0.779. The minimum atomic E-state index is -1.18. The van der Waals surface area contributed by atoms with Crippen LogP contribution in [0, 0.1) is 5.41 Å². The maximum Gasteiger partial charge on any atom is 0.239 e. The fraction of sp³-hybridized carbons (Fsp3) is 0.529. The first-order valence-electron chi connectivity index (χ1n) is 7.79. The van der Waals surface area contributed by atoms with Gasteiger partial charge in [0, 0.05) is 18.1 Å². The van der Waals surface area contributed by atoms with Crippen LogP contribution in [0.25, 0.3) is 0 Å². The van der Waals surface area contributed by atoms with Crippen molar-refractivity contribution in [2.45, 2.75) is 40.5 Å². The van der Waals surface area contributed by atoms with Crippen LogP contribution in [-0.2, 0) is 9.59 Å². The van der Waals surface area contributed by atoms with Gasteiger partial charge >= 0.3 is 0 Å². The maximum absolute atomic E-state index is 12.7. The van der Waals surface area contributed by atoms with Crippen LogP contribution in [-0.4, -0.2) is 29.8 Å². The summed E-state index contributed by atoms with van der Waals surface area (Å²) >= 11 is 12.0. The van der Waals surface area contributed by atoms with E-state index in [2.05, 4.69) is 5.32 Å². The molecular weight excluding hydrogens is 335 g/mol. The van der Waals surface area contributed by atoms with E-state index in [1.165, 1.54) is 0 Å². The summed E-state index contributed by atoms with van der Waals surface area (Å²) in [4.78, 5) is 27.1. The molecule has 1 rings (SSSR count). The van der Waals surface area contributed by atoms with Gasteiger partial charge in [-0.3, -0.25) is 9.59 Å². The largest absolute Gasteiger partial charge is 0.342 e. The summed E-state index contributed by atoms with van der Waals surface area (Å²) in [5.74, 6) is -0.583. The molecule has 128 valence electrons. The van der Waals surface area contributed by atoms with E-state index in [4.69, 9.17) is 23.2 Å². The fourth-order valence-corrected chi connectivity index (χ4v) is 2.56. The number of carbonyl (C=O) groups is 2. The van der Waals surface area contributed by atoms with Crippen molar-refractivity contribution in [3.05, 3.63) is 28.2 Å². The number of carbonyl (C=O) groups excluding carboxylic acids is 2. The van der Waals surface area contributed by atoms with Gasteiger partial charge in [0.1, 0.15) is 5.41 Å². The summed E-state index contributed by atoms with van der Waals surface area (Å²) in [6, 6.07) is 4.81. The van der Waals surface area contributed by atoms with Crippen LogP contribution in [0.1, 0.15) is 40.5 Å². The summed E-state index contributed by atoms with van der Waals surface area (Å²) < 4.78 is 0. The molecule has 0 fully saturated rings. The average molecular weight is 359 g/mol. The average Bonchev–Trinajstić information content (AvgIpc) is 2.49. The van der Waals surface area contributed by atoms with Crippen molar-refractivity contribution >= 4 is 40.7 Å². The van der Waals surface area contributed by atoms with Gasteiger partial charge in [-0.1, -0.05) is 37.0 Å². The molecule has 4 nitrogen and oxygen atoms in total. The number of nitrogens with zero attached hydrogens (tertiary/aromatic N) is 1. The van der Waals surface area contributed by atoms with Crippen molar-refractivity contribution in [3.8, 4) is 0 Å². The van der Waals surface area contributed by atoms with Crippen molar-refractivity contribution < 1.29 is 9.59 Å². The second-order valence-electron chi connectivity index (χ2n) is 6.00. The lowest BCUT2D eigenvalue weighted by atomic mass is 9.90. The molecule has 2 amide bonds.